The summed E-state index contributed by atoms with van der Waals surface area (Å²) in [5.74, 6) is 4.93. The summed E-state index contributed by atoms with van der Waals surface area (Å²) in [6.07, 6.45) is 16.7. The monoisotopic (exact) mass is 519 g/mol. The number of nitrogens with two attached hydrogens (primary N) is 1. The number of ether oxygens (including phenoxy) is 1. The third kappa shape index (κ3) is 4.97. The van der Waals surface area contributed by atoms with Gasteiger partial charge in [0.15, 0.2) is 0 Å². The number of esters is 1. The topological polar surface area (TPSA) is 52.3 Å². The number of hydrogen-bond acceptors (Lipinski definition) is 3. The van der Waals surface area contributed by atoms with Gasteiger partial charge in [-0.2, -0.15) is 0 Å². The molecule has 8 atom stereocenters. The van der Waals surface area contributed by atoms with Crippen molar-refractivity contribution in [3.05, 3.63) is 41.0 Å². The van der Waals surface area contributed by atoms with E-state index >= 15 is 0 Å². The van der Waals surface area contributed by atoms with Crippen LogP contribution in [0.15, 0.2) is 29.8 Å². The van der Waals surface area contributed by atoms with E-state index < -0.39 is 0 Å². The van der Waals surface area contributed by atoms with Crippen LogP contribution in [0.3, 0.4) is 0 Å². The zero-order valence-corrected chi connectivity index (χ0v) is 25.0. The fourth-order valence-electron chi connectivity index (χ4n) is 9.88. The van der Waals surface area contributed by atoms with E-state index in [1.54, 1.807) is 11.6 Å². The number of benzene rings is 1. The minimum Gasteiger partial charge on any atom is -0.458 e. The van der Waals surface area contributed by atoms with Crippen molar-refractivity contribution in [3.8, 4) is 0 Å². The van der Waals surface area contributed by atoms with Crippen LogP contribution in [0.2, 0.25) is 0 Å². The van der Waals surface area contributed by atoms with Gasteiger partial charge in [0.2, 0.25) is 0 Å². The van der Waals surface area contributed by atoms with E-state index in [4.69, 9.17) is 10.5 Å². The normalized spacial score (nSPS) is 37.1. The highest BCUT2D eigenvalue weighted by Gasteiger charge is 2.59. The molecule has 3 nitrogen and oxygen atoms in total. The first-order valence-electron chi connectivity index (χ1n) is 15.8. The molecule has 3 saturated carbocycles. The Morgan fingerprint density at radius 1 is 1.05 bits per heavy atom. The van der Waals surface area contributed by atoms with Gasteiger partial charge >= 0.3 is 5.97 Å². The molecule has 4 aliphatic carbocycles. The van der Waals surface area contributed by atoms with E-state index in [1.165, 1.54) is 51.4 Å². The van der Waals surface area contributed by atoms with Gasteiger partial charge in [-0.1, -0.05) is 65.5 Å². The average molecular weight is 520 g/mol. The predicted molar refractivity (Wildman–Crippen MR) is 158 cm³/mol. The van der Waals surface area contributed by atoms with E-state index in [2.05, 4.69) is 40.7 Å². The second-order valence-electron chi connectivity index (χ2n) is 14.6. The molecule has 3 heteroatoms. The minimum atomic E-state index is -0.196. The standard InChI is InChI=1S/C35H53NO2/c1-22(2)8-7-9-23(3)30-14-15-31-29-12-10-25-21-27(38-33(37)28-13-11-26(36)20-24(28)4)16-18-34(25,5)32(29)17-19-35(30,31)6/h10-11,13,20,22-23,27,29-32H,7-9,12,14-19,21,36H2,1-6H3/t23-,27+,29+,30-,31+,32+,34+,35-/m1/s1. The van der Waals surface area contributed by atoms with Gasteiger partial charge in [0.1, 0.15) is 6.10 Å². The van der Waals surface area contributed by atoms with Gasteiger partial charge in [-0.25, -0.2) is 4.79 Å². The number of carbonyl (C=O) groups excluding carboxylic acids is 1. The molecular weight excluding hydrogens is 466 g/mol. The Morgan fingerprint density at radius 3 is 2.58 bits per heavy atom. The third-order valence-electron chi connectivity index (χ3n) is 12.0. The van der Waals surface area contributed by atoms with Crippen LogP contribution in [0.4, 0.5) is 5.69 Å². The number of rotatable bonds is 7. The Bertz CT molecular complexity index is 1060. The molecule has 0 aliphatic heterocycles. The lowest BCUT2D eigenvalue weighted by molar-refractivity contribution is -0.0594. The van der Waals surface area contributed by atoms with Gasteiger partial charge in [-0.15, -0.1) is 0 Å². The van der Waals surface area contributed by atoms with Crippen LogP contribution in [0.25, 0.3) is 0 Å². The molecule has 0 bridgehead atoms. The number of nitrogen functional groups attached to an aromatic ring is 1. The second-order valence-corrected chi connectivity index (χ2v) is 14.6. The van der Waals surface area contributed by atoms with Crippen molar-refractivity contribution in [2.24, 2.45) is 46.3 Å². The summed E-state index contributed by atoms with van der Waals surface area (Å²) >= 11 is 0. The summed E-state index contributed by atoms with van der Waals surface area (Å²) < 4.78 is 6.08. The van der Waals surface area contributed by atoms with Crippen LogP contribution in [0.5, 0.6) is 0 Å². The van der Waals surface area contributed by atoms with Gasteiger partial charge in [0, 0.05) is 12.1 Å². The number of anilines is 1. The average Bonchev–Trinajstić information content (AvgIpc) is 3.21. The van der Waals surface area contributed by atoms with Crippen LogP contribution in [0.1, 0.15) is 121 Å². The van der Waals surface area contributed by atoms with Gasteiger partial charge < -0.3 is 10.5 Å². The summed E-state index contributed by atoms with van der Waals surface area (Å²) in [6, 6.07) is 5.46. The van der Waals surface area contributed by atoms with Crippen molar-refractivity contribution < 1.29 is 9.53 Å². The molecule has 0 spiro atoms. The highest BCUT2D eigenvalue weighted by molar-refractivity contribution is 5.91. The Balaban J connectivity index is 1.25. The SMILES string of the molecule is Cc1cc(N)ccc1C(=O)O[C@H]1CC[C@@]2(C)C(=CC[C@H]3[C@@H]4CC[C@H]([C@H](C)CCCC(C)C)[C@@]4(C)CC[C@@H]32)C1. The second kappa shape index (κ2) is 10.7. The molecule has 0 aromatic heterocycles. The smallest absolute Gasteiger partial charge is 0.338 e. The highest BCUT2D eigenvalue weighted by atomic mass is 16.5. The first-order chi connectivity index (χ1) is 18.0. The summed E-state index contributed by atoms with van der Waals surface area (Å²) in [4.78, 5) is 13.0. The van der Waals surface area contributed by atoms with Crippen LogP contribution < -0.4 is 5.73 Å². The molecule has 5 rings (SSSR count). The molecule has 0 heterocycles. The largest absolute Gasteiger partial charge is 0.458 e. The maximum absolute atomic E-state index is 13.0. The minimum absolute atomic E-state index is 0.00765. The van der Waals surface area contributed by atoms with Crippen LogP contribution in [0, 0.1) is 53.3 Å². The van der Waals surface area contributed by atoms with Crippen molar-refractivity contribution in [3.63, 3.8) is 0 Å². The zero-order valence-electron chi connectivity index (χ0n) is 25.0. The van der Waals surface area contributed by atoms with Gasteiger partial charge in [-0.05, 0) is 122 Å². The first kappa shape index (κ1) is 27.8. The molecule has 3 fully saturated rings. The van der Waals surface area contributed by atoms with Crippen LogP contribution >= 0.6 is 0 Å². The fourth-order valence-corrected chi connectivity index (χ4v) is 9.88. The van der Waals surface area contributed by atoms with Crippen molar-refractivity contribution >= 4 is 11.7 Å². The third-order valence-corrected chi connectivity index (χ3v) is 12.0. The van der Waals surface area contributed by atoms with E-state index in [9.17, 15) is 4.79 Å². The molecule has 210 valence electrons. The van der Waals surface area contributed by atoms with Gasteiger partial charge in [-0.3, -0.25) is 0 Å². The molecule has 0 amide bonds. The maximum atomic E-state index is 13.0. The van der Waals surface area contributed by atoms with E-state index in [0.29, 0.717) is 16.7 Å². The highest BCUT2D eigenvalue weighted by Crippen LogP contribution is 2.67. The summed E-state index contributed by atoms with van der Waals surface area (Å²) in [7, 11) is 0. The molecule has 38 heavy (non-hydrogen) atoms. The quantitative estimate of drug-likeness (QED) is 0.222. The fraction of sp³-hybridized carbons (Fsp3) is 0.743. The van der Waals surface area contributed by atoms with Gasteiger partial charge in [0.25, 0.3) is 0 Å². The van der Waals surface area contributed by atoms with E-state index in [1.807, 2.05) is 19.1 Å². The molecule has 2 N–H and O–H groups in total. The molecule has 1 aromatic carbocycles. The number of allylic oxidation sites excluding steroid dienone is 1. The Morgan fingerprint density at radius 2 is 1.84 bits per heavy atom. The van der Waals surface area contributed by atoms with Crippen LogP contribution in [-0.2, 0) is 4.74 Å². The van der Waals surface area contributed by atoms with Crippen LogP contribution in [-0.4, -0.2) is 12.1 Å². The molecule has 4 aliphatic rings. The molecule has 0 unspecified atom stereocenters. The Kier molecular flexibility index (Phi) is 7.79. The molecule has 1 aromatic rings. The number of fused-ring (bicyclic) bond motifs is 5. The van der Waals surface area contributed by atoms with Crippen molar-refractivity contribution in [2.75, 3.05) is 5.73 Å². The Hall–Kier alpha value is -1.77. The van der Waals surface area contributed by atoms with Gasteiger partial charge in [0.05, 0.1) is 5.56 Å². The lowest BCUT2D eigenvalue weighted by Crippen LogP contribution is -2.51. The van der Waals surface area contributed by atoms with Crippen molar-refractivity contribution in [2.45, 2.75) is 118 Å². The summed E-state index contributed by atoms with van der Waals surface area (Å²) in [6.45, 7) is 14.5. The Labute approximate surface area is 232 Å². The van der Waals surface area contributed by atoms with E-state index in [0.717, 1.165) is 60.3 Å². The predicted octanol–water partition coefficient (Wildman–Crippen LogP) is 9.14. The number of carbonyl (C=O) groups is 1. The van der Waals surface area contributed by atoms with Crippen molar-refractivity contribution in [1.29, 1.82) is 0 Å². The molecular formula is C35H53NO2. The van der Waals surface area contributed by atoms with Crippen molar-refractivity contribution in [1.82, 2.24) is 0 Å². The lowest BCUT2D eigenvalue weighted by atomic mass is 9.47. The lowest BCUT2D eigenvalue weighted by Gasteiger charge is -2.58. The summed E-state index contributed by atoms with van der Waals surface area (Å²) in [5.41, 5.74) is 10.5. The zero-order chi connectivity index (χ0) is 27.2. The number of hydrogen-bond donors (Lipinski definition) is 1. The van der Waals surface area contributed by atoms with E-state index in [-0.39, 0.29) is 17.5 Å². The first-order valence-corrected chi connectivity index (χ1v) is 15.8. The number of aryl methyl sites for hydroxylation is 1. The maximum Gasteiger partial charge on any atom is 0.338 e. The molecule has 0 radical (unpaired) electrons. The molecule has 0 saturated heterocycles. The summed E-state index contributed by atoms with van der Waals surface area (Å²) in [5, 5.41) is 0.